The van der Waals surface area contributed by atoms with Crippen molar-refractivity contribution in [2.75, 3.05) is 6.54 Å². The van der Waals surface area contributed by atoms with Crippen LogP contribution in [0.25, 0.3) is 0 Å². The van der Waals surface area contributed by atoms with Gasteiger partial charge >= 0.3 is 0 Å². The Bertz CT molecular complexity index is 608. The molecule has 2 aromatic rings. The van der Waals surface area contributed by atoms with Gasteiger partial charge in [0.1, 0.15) is 0 Å². The maximum Gasteiger partial charge on any atom is 0.0453 e. The highest BCUT2D eigenvalue weighted by Crippen LogP contribution is 2.41. The fourth-order valence-corrected chi connectivity index (χ4v) is 3.52. The monoisotopic (exact) mass is 299 g/mol. The van der Waals surface area contributed by atoms with E-state index in [0.29, 0.717) is 12.0 Å². The molecule has 0 spiro atoms. The lowest BCUT2D eigenvalue weighted by molar-refractivity contribution is 0.428. The van der Waals surface area contributed by atoms with Gasteiger partial charge in [0.15, 0.2) is 0 Å². The number of halogens is 1. The van der Waals surface area contributed by atoms with Crippen LogP contribution in [0.3, 0.4) is 0 Å². The van der Waals surface area contributed by atoms with Gasteiger partial charge in [0, 0.05) is 11.1 Å². The second kappa shape index (κ2) is 6.64. The zero-order valence-corrected chi connectivity index (χ0v) is 13.2. The second-order valence-corrected chi connectivity index (χ2v) is 6.27. The van der Waals surface area contributed by atoms with E-state index in [1.54, 1.807) is 0 Å². The molecule has 1 aliphatic carbocycles. The Hall–Kier alpha value is -1.31. The molecule has 0 saturated carbocycles. The molecule has 0 saturated heterocycles. The van der Waals surface area contributed by atoms with E-state index < -0.39 is 0 Å². The van der Waals surface area contributed by atoms with Crippen molar-refractivity contribution in [3.63, 3.8) is 0 Å². The lowest BCUT2D eigenvalue weighted by Crippen LogP contribution is -2.28. The molecule has 0 radical (unpaired) electrons. The number of nitrogens with one attached hydrogen (secondary N) is 1. The molecule has 0 amide bonds. The Kier molecular flexibility index (Phi) is 4.62. The lowest BCUT2D eigenvalue weighted by atomic mass is 9.74. The van der Waals surface area contributed by atoms with E-state index in [9.17, 15) is 0 Å². The number of hydrogen-bond donors (Lipinski definition) is 1. The Labute approximate surface area is 132 Å². The predicted octanol–water partition coefficient (Wildman–Crippen LogP) is 5.11. The van der Waals surface area contributed by atoms with E-state index in [2.05, 4.69) is 48.6 Å². The smallest absolute Gasteiger partial charge is 0.0453 e. The molecule has 0 bridgehead atoms. The summed E-state index contributed by atoms with van der Waals surface area (Å²) in [5.74, 6) is 0.659. The minimum Gasteiger partial charge on any atom is -0.310 e. The van der Waals surface area contributed by atoms with Crippen LogP contribution in [0.1, 0.15) is 48.4 Å². The molecule has 1 nitrogen and oxygen atoms in total. The first-order valence-electron chi connectivity index (χ1n) is 7.85. The third-order valence-corrected chi connectivity index (χ3v) is 4.75. The topological polar surface area (TPSA) is 12.0 Å². The average molecular weight is 300 g/mol. The molecule has 2 aromatic carbocycles. The summed E-state index contributed by atoms with van der Waals surface area (Å²) < 4.78 is 0. The van der Waals surface area contributed by atoms with Crippen molar-refractivity contribution < 1.29 is 0 Å². The van der Waals surface area contributed by atoms with Crippen molar-refractivity contribution in [2.45, 2.75) is 38.1 Å². The first-order chi connectivity index (χ1) is 10.3. The Morgan fingerprint density at radius 2 is 1.90 bits per heavy atom. The molecule has 1 aliphatic rings. The van der Waals surface area contributed by atoms with Gasteiger partial charge in [-0.05, 0) is 54.5 Å². The van der Waals surface area contributed by atoms with Crippen molar-refractivity contribution in [1.29, 1.82) is 0 Å². The lowest BCUT2D eigenvalue weighted by Gasteiger charge is -2.34. The third-order valence-electron chi connectivity index (χ3n) is 4.40. The van der Waals surface area contributed by atoms with E-state index in [4.69, 9.17) is 11.6 Å². The van der Waals surface area contributed by atoms with Crippen molar-refractivity contribution in [3.05, 3.63) is 70.2 Å². The van der Waals surface area contributed by atoms with Gasteiger partial charge in [0.2, 0.25) is 0 Å². The summed E-state index contributed by atoms with van der Waals surface area (Å²) >= 11 is 6.40. The molecule has 0 heterocycles. The van der Waals surface area contributed by atoms with Crippen LogP contribution in [0, 0.1) is 0 Å². The number of rotatable bonds is 6. The summed E-state index contributed by atoms with van der Waals surface area (Å²) in [5, 5.41) is 4.55. The molecule has 0 fully saturated rings. The summed E-state index contributed by atoms with van der Waals surface area (Å²) in [6, 6.07) is 17.4. The van der Waals surface area contributed by atoms with Gasteiger partial charge in [-0.15, -0.1) is 0 Å². The van der Waals surface area contributed by atoms with Crippen molar-refractivity contribution >= 4 is 11.6 Å². The Morgan fingerprint density at radius 1 is 1.14 bits per heavy atom. The van der Waals surface area contributed by atoms with E-state index in [1.165, 1.54) is 23.1 Å². The summed E-state index contributed by atoms with van der Waals surface area (Å²) in [6.45, 7) is 3.24. The fourth-order valence-electron chi connectivity index (χ4n) is 3.25. The van der Waals surface area contributed by atoms with E-state index in [0.717, 1.165) is 24.4 Å². The molecule has 2 unspecified atom stereocenters. The van der Waals surface area contributed by atoms with Gasteiger partial charge in [-0.25, -0.2) is 0 Å². The van der Waals surface area contributed by atoms with Gasteiger partial charge in [-0.2, -0.15) is 0 Å². The first-order valence-corrected chi connectivity index (χ1v) is 8.23. The van der Waals surface area contributed by atoms with Crippen LogP contribution in [-0.2, 0) is 6.42 Å². The third kappa shape index (κ3) is 3.14. The molecule has 110 valence electrons. The van der Waals surface area contributed by atoms with Crippen LogP contribution in [0.2, 0.25) is 5.02 Å². The van der Waals surface area contributed by atoms with Crippen LogP contribution in [-0.4, -0.2) is 6.54 Å². The molecule has 1 N–H and O–H groups in total. The van der Waals surface area contributed by atoms with E-state index >= 15 is 0 Å². The molecule has 0 aliphatic heterocycles. The Balaban J connectivity index is 1.77. The van der Waals surface area contributed by atoms with Gasteiger partial charge < -0.3 is 5.32 Å². The van der Waals surface area contributed by atoms with Crippen LogP contribution < -0.4 is 5.32 Å². The van der Waals surface area contributed by atoms with E-state index in [-0.39, 0.29) is 0 Å². The predicted molar refractivity (Wildman–Crippen MR) is 90.0 cm³/mol. The SMILES string of the molecule is CCCNC(CC1Cc2ccccc21)c1ccccc1Cl. The van der Waals surface area contributed by atoms with Crippen LogP contribution >= 0.6 is 11.6 Å². The average Bonchev–Trinajstić information content (AvgIpc) is 2.49. The molecular weight excluding hydrogens is 278 g/mol. The number of benzene rings is 2. The highest BCUT2D eigenvalue weighted by atomic mass is 35.5. The van der Waals surface area contributed by atoms with Gasteiger partial charge in [-0.1, -0.05) is 61.0 Å². The van der Waals surface area contributed by atoms with E-state index in [1.807, 2.05) is 12.1 Å². The minimum atomic E-state index is 0.344. The summed E-state index contributed by atoms with van der Waals surface area (Å²) in [6.07, 6.45) is 3.47. The summed E-state index contributed by atoms with van der Waals surface area (Å²) in [5.41, 5.74) is 4.26. The number of hydrogen-bond acceptors (Lipinski definition) is 1. The molecule has 0 aromatic heterocycles. The first kappa shape index (κ1) is 14.6. The largest absolute Gasteiger partial charge is 0.310 e. The van der Waals surface area contributed by atoms with Crippen molar-refractivity contribution in [3.8, 4) is 0 Å². The Morgan fingerprint density at radius 3 is 2.67 bits per heavy atom. The highest BCUT2D eigenvalue weighted by molar-refractivity contribution is 6.31. The highest BCUT2D eigenvalue weighted by Gasteiger charge is 2.28. The fraction of sp³-hybridized carbons (Fsp3) is 0.368. The van der Waals surface area contributed by atoms with Crippen molar-refractivity contribution in [2.24, 2.45) is 0 Å². The van der Waals surface area contributed by atoms with Crippen molar-refractivity contribution in [1.82, 2.24) is 5.32 Å². The summed E-state index contributed by atoms with van der Waals surface area (Å²) in [7, 11) is 0. The van der Waals surface area contributed by atoms with Gasteiger partial charge in [0.05, 0.1) is 0 Å². The normalized spacial score (nSPS) is 17.9. The minimum absolute atomic E-state index is 0.344. The molecular formula is C19H22ClN. The maximum absolute atomic E-state index is 6.40. The molecule has 2 heteroatoms. The van der Waals surface area contributed by atoms with Gasteiger partial charge in [-0.3, -0.25) is 0 Å². The number of fused-ring (bicyclic) bond motifs is 1. The maximum atomic E-state index is 6.40. The van der Waals surface area contributed by atoms with Crippen LogP contribution in [0.15, 0.2) is 48.5 Å². The van der Waals surface area contributed by atoms with Crippen LogP contribution in [0.4, 0.5) is 0 Å². The summed E-state index contributed by atoms with van der Waals surface area (Å²) in [4.78, 5) is 0. The quantitative estimate of drug-likeness (QED) is 0.781. The zero-order valence-electron chi connectivity index (χ0n) is 12.5. The standard InChI is InChI=1S/C19H22ClN/c1-2-11-21-19(17-9-5-6-10-18(17)20)13-15-12-14-7-3-4-8-16(14)15/h3-10,15,19,21H,2,11-13H2,1H3. The van der Waals surface area contributed by atoms with Crippen LogP contribution in [0.5, 0.6) is 0 Å². The zero-order chi connectivity index (χ0) is 14.7. The second-order valence-electron chi connectivity index (χ2n) is 5.86. The van der Waals surface area contributed by atoms with Gasteiger partial charge in [0.25, 0.3) is 0 Å². The molecule has 21 heavy (non-hydrogen) atoms. The molecule has 3 rings (SSSR count). The molecule has 2 atom stereocenters.